The minimum absolute atomic E-state index is 0.0225. The van der Waals surface area contributed by atoms with Gasteiger partial charge in [0.2, 0.25) is 0 Å². The van der Waals surface area contributed by atoms with Gasteiger partial charge in [0.1, 0.15) is 5.82 Å². The summed E-state index contributed by atoms with van der Waals surface area (Å²) in [5.74, 6) is 1.24. The largest absolute Gasteiger partial charge is 0.341 e. The number of nitrogens with one attached hydrogen (secondary N) is 2. The van der Waals surface area contributed by atoms with Gasteiger partial charge in [-0.15, -0.1) is 6.42 Å². The first-order chi connectivity index (χ1) is 11.3. The lowest BCUT2D eigenvalue weighted by Gasteiger charge is -2.11. The van der Waals surface area contributed by atoms with Gasteiger partial charge in [0.15, 0.2) is 0 Å². The van der Waals surface area contributed by atoms with E-state index in [-0.39, 0.29) is 27.7 Å². The van der Waals surface area contributed by atoms with E-state index >= 15 is 0 Å². The van der Waals surface area contributed by atoms with Gasteiger partial charge in [-0.25, -0.2) is 12.8 Å². The summed E-state index contributed by atoms with van der Waals surface area (Å²) in [6, 6.07) is 8.40. The number of carbonyl (C=O) groups is 1. The minimum Gasteiger partial charge on any atom is -0.341 e. The number of rotatable bonds is 5. The standard InChI is InChI=1S/C16H12ClFN2O3S/c1-2-9-19-16(21)11-3-8-14(17)15(10-11)20-24(22,23)13-6-4-12(18)5-7-13/h1,3-8,10,20H,9H2,(H,19,21). The quantitative estimate of drug-likeness (QED) is 0.799. The molecule has 2 N–H and O–H groups in total. The van der Waals surface area contributed by atoms with Gasteiger partial charge in [-0.3, -0.25) is 9.52 Å². The van der Waals surface area contributed by atoms with Crippen molar-refractivity contribution in [2.24, 2.45) is 0 Å². The van der Waals surface area contributed by atoms with Crippen LogP contribution in [0.3, 0.4) is 0 Å². The van der Waals surface area contributed by atoms with Gasteiger partial charge in [-0.1, -0.05) is 17.5 Å². The number of terminal acetylenes is 1. The third-order valence-electron chi connectivity index (χ3n) is 2.95. The Morgan fingerprint density at radius 3 is 2.50 bits per heavy atom. The Morgan fingerprint density at radius 1 is 1.21 bits per heavy atom. The van der Waals surface area contributed by atoms with E-state index in [0.717, 1.165) is 24.3 Å². The summed E-state index contributed by atoms with van der Waals surface area (Å²) in [4.78, 5) is 11.7. The summed E-state index contributed by atoms with van der Waals surface area (Å²) in [5, 5.41) is 2.56. The van der Waals surface area contributed by atoms with Crippen molar-refractivity contribution < 1.29 is 17.6 Å². The SMILES string of the molecule is C#CCNC(=O)c1ccc(Cl)c(NS(=O)(=O)c2ccc(F)cc2)c1. The molecule has 8 heteroatoms. The van der Waals surface area contributed by atoms with Crippen LogP contribution < -0.4 is 10.0 Å². The molecule has 0 radical (unpaired) electrons. The van der Waals surface area contributed by atoms with Crippen LogP contribution in [0.25, 0.3) is 0 Å². The number of amides is 1. The fraction of sp³-hybridized carbons (Fsp3) is 0.0625. The van der Waals surface area contributed by atoms with E-state index in [1.54, 1.807) is 0 Å². The molecule has 0 aliphatic heterocycles. The maximum Gasteiger partial charge on any atom is 0.261 e. The van der Waals surface area contributed by atoms with Gasteiger partial charge in [-0.05, 0) is 42.5 Å². The molecule has 1 amide bonds. The zero-order valence-corrected chi connectivity index (χ0v) is 13.8. The molecule has 24 heavy (non-hydrogen) atoms. The van der Waals surface area contributed by atoms with Gasteiger partial charge in [0, 0.05) is 5.56 Å². The first kappa shape index (κ1) is 17.8. The van der Waals surface area contributed by atoms with Gasteiger partial charge >= 0.3 is 0 Å². The molecule has 124 valence electrons. The van der Waals surface area contributed by atoms with E-state index in [1.165, 1.54) is 18.2 Å². The van der Waals surface area contributed by atoms with Gasteiger partial charge < -0.3 is 5.32 Å². The van der Waals surface area contributed by atoms with E-state index in [4.69, 9.17) is 18.0 Å². The molecule has 2 rings (SSSR count). The predicted molar refractivity (Wildman–Crippen MR) is 89.8 cm³/mol. The monoisotopic (exact) mass is 366 g/mol. The maximum absolute atomic E-state index is 12.9. The van der Waals surface area contributed by atoms with Crippen LogP contribution in [-0.4, -0.2) is 20.9 Å². The number of halogens is 2. The van der Waals surface area contributed by atoms with Crippen molar-refractivity contribution in [3.8, 4) is 12.3 Å². The Morgan fingerprint density at radius 2 is 1.88 bits per heavy atom. The second-order valence-corrected chi connectivity index (χ2v) is 6.73. The number of benzene rings is 2. The van der Waals surface area contributed by atoms with Gasteiger partial charge in [0.25, 0.3) is 15.9 Å². The summed E-state index contributed by atoms with van der Waals surface area (Å²) in [5.41, 5.74) is 0.209. The Bertz CT molecular complexity index is 906. The summed E-state index contributed by atoms with van der Waals surface area (Å²) in [6.07, 6.45) is 5.06. The lowest BCUT2D eigenvalue weighted by molar-refractivity contribution is 0.0958. The zero-order chi connectivity index (χ0) is 17.7. The van der Waals surface area contributed by atoms with Crippen molar-refractivity contribution >= 4 is 33.2 Å². The minimum atomic E-state index is -3.98. The highest BCUT2D eigenvalue weighted by Crippen LogP contribution is 2.26. The zero-order valence-electron chi connectivity index (χ0n) is 12.2. The second-order valence-electron chi connectivity index (χ2n) is 4.64. The van der Waals surface area contributed by atoms with Gasteiger partial charge in [-0.2, -0.15) is 0 Å². The predicted octanol–water partition coefficient (Wildman–Crippen LogP) is 2.64. The van der Waals surface area contributed by atoms with Crippen LogP contribution >= 0.6 is 11.6 Å². The summed E-state index contributed by atoms with van der Waals surface area (Å²) >= 11 is 5.97. The van der Waals surface area contributed by atoms with Crippen molar-refractivity contribution in [1.29, 1.82) is 0 Å². The van der Waals surface area contributed by atoms with Crippen LogP contribution in [-0.2, 0) is 10.0 Å². The smallest absolute Gasteiger partial charge is 0.261 e. The molecule has 0 aliphatic rings. The molecular formula is C16H12ClFN2O3S. The molecule has 0 spiro atoms. The normalized spacial score (nSPS) is 10.7. The number of carbonyl (C=O) groups excluding carboxylic acids is 1. The van der Waals surface area contributed by atoms with Gasteiger partial charge in [0.05, 0.1) is 22.2 Å². The molecule has 0 heterocycles. The Hall–Kier alpha value is -2.56. The summed E-state index contributed by atoms with van der Waals surface area (Å²) < 4.78 is 39.8. The average Bonchev–Trinajstić information content (AvgIpc) is 2.55. The number of hydrogen-bond acceptors (Lipinski definition) is 3. The number of hydrogen-bond donors (Lipinski definition) is 2. The van der Waals surface area contributed by atoms with Crippen molar-refractivity contribution in [1.82, 2.24) is 5.32 Å². The fourth-order valence-corrected chi connectivity index (χ4v) is 3.09. The Kier molecular flexibility index (Phi) is 5.44. The molecule has 0 aliphatic carbocycles. The lowest BCUT2D eigenvalue weighted by Crippen LogP contribution is -2.23. The highest BCUT2D eigenvalue weighted by molar-refractivity contribution is 7.92. The molecule has 0 unspecified atom stereocenters. The Labute approximate surface area is 143 Å². The fourth-order valence-electron chi connectivity index (χ4n) is 1.80. The van der Waals surface area contributed by atoms with E-state index in [2.05, 4.69) is 16.0 Å². The van der Waals surface area contributed by atoms with E-state index < -0.39 is 21.7 Å². The van der Waals surface area contributed by atoms with Crippen molar-refractivity contribution in [2.75, 3.05) is 11.3 Å². The van der Waals surface area contributed by atoms with Crippen molar-refractivity contribution in [2.45, 2.75) is 4.90 Å². The second kappa shape index (κ2) is 7.34. The average molecular weight is 367 g/mol. The molecule has 2 aromatic rings. The van der Waals surface area contributed by atoms with Crippen LogP contribution in [0.15, 0.2) is 47.4 Å². The highest BCUT2D eigenvalue weighted by Gasteiger charge is 2.17. The first-order valence-electron chi connectivity index (χ1n) is 6.63. The molecule has 0 saturated heterocycles. The van der Waals surface area contributed by atoms with Crippen LogP contribution in [0, 0.1) is 18.2 Å². The van der Waals surface area contributed by atoms with Crippen LogP contribution in [0.2, 0.25) is 5.02 Å². The van der Waals surface area contributed by atoms with Crippen LogP contribution in [0.1, 0.15) is 10.4 Å². The topological polar surface area (TPSA) is 75.3 Å². The van der Waals surface area contributed by atoms with E-state index in [1.807, 2.05) is 0 Å². The Balaban J connectivity index is 2.30. The maximum atomic E-state index is 12.9. The van der Waals surface area contributed by atoms with E-state index in [0.29, 0.717) is 0 Å². The number of sulfonamides is 1. The number of anilines is 1. The molecule has 0 fully saturated rings. The summed E-state index contributed by atoms with van der Waals surface area (Å²) in [6.45, 7) is 0.0398. The van der Waals surface area contributed by atoms with Crippen LogP contribution in [0.5, 0.6) is 0 Å². The first-order valence-corrected chi connectivity index (χ1v) is 8.49. The highest BCUT2D eigenvalue weighted by atomic mass is 35.5. The van der Waals surface area contributed by atoms with Crippen molar-refractivity contribution in [3.63, 3.8) is 0 Å². The van der Waals surface area contributed by atoms with E-state index in [9.17, 15) is 17.6 Å². The molecule has 0 saturated carbocycles. The lowest BCUT2D eigenvalue weighted by atomic mass is 10.2. The molecular weight excluding hydrogens is 355 g/mol. The molecule has 0 atom stereocenters. The molecule has 5 nitrogen and oxygen atoms in total. The molecule has 2 aromatic carbocycles. The summed E-state index contributed by atoms with van der Waals surface area (Å²) in [7, 11) is -3.98. The third kappa shape index (κ3) is 4.25. The van der Waals surface area contributed by atoms with Crippen molar-refractivity contribution in [3.05, 3.63) is 58.9 Å². The third-order valence-corrected chi connectivity index (χ3v) is 4.66. The molecule has 0 bridgehead atoms. The molecule has 0 aromatic heterocycles. The van der Waals surface area contributed by atoms with Crippen LogP contribution in [0.4, 0.5) is 10.1 Å².